The van der Waals surface area contributed by atoms with Gasteiger partial charge in [0.15, 0.2) is 0 Å². The predicted molar refractivity (Wildman–Crippen MR) is 70.2 cm³/mol. The maximum atomic E-state index is 12.1. The predicted octanol–water partition coefficient (Wildman–Crippen LogP) is 2.14. The lowest BCUT2D eigenvalue weighted by Crippen LogP contribution is -2.28. The van der Waals surface area contributed by atoms with Gasteiger partial charge in [0.05, 0.1) is 17.6 Å². The van der Waals surface area contributed by atoms with Crippen molar-refractivity contribution in [3.8, 4) is 0 Å². The number of nitrogens with one attached hydrogen (secondary N) is 1. The number of anilines is 1. The first-order valence-corrected chi connectivity index (χ1v) is 6.30. The lowest BCUT2D eigenvalue weighted by molar-refractivity contribution is -0.123. The second-order valence-electron chi connectivity index (χ2n) is 4.76. The van der Waals surface area contributed by atoms with Crippen LogP contribution in [-0.2, 0) is 9.53 Å². The molecule has 0 spiro atoms. The van der Waals surface area contributed by atoms with Crippen molar-refractivity contribution in [2.75, 3.05) is 18.5 Å². The summed E-state index contributed by atoms with van der Waals surface area (Å²) >= 11 is 0. The Morgan fingerprint density at radius 3 is 2.74 bits per heavy atom. The molecule has 1 aromatic carbocycles. The summed E-state index contributed by atoms with van der Waals surface area (Å²) in [7, 11) is 0. The SMILES string of the molecule is CCOCC1(C(=O)Nc2cccc(C(=O)O)c2)CC1. The van der Waals surface area contributed by atoms with Gasteiger partial charge in [-0.15, -0.1) is 0 Å². The van der Waals surface area contributed by atoms with E-state index in [0.29, 0.717) is 18.9 Å². The van der Waals surface area contributed by atoms with E-state index < -0.39 is 11.4 Å². The van der Waals surface area contributed by atoms with Gasteiger partial charge in [0.1, 0.15) is 0 Å². The van der Waals surface area contributed by atoms with Gasteiger partial charge in [-0.2, -0.15) is 0 Å². The Hall–Kier alpha value is -1.88. The van der Waals surface area contributed by atoms with E-state index >= 15 is 0 Å². The summed E-state index contributed by atoms with van der Waals surface area (Å²) in [5.41, 5.74) is 0.245. The molecule has 2 N–H and O–H groups in total. The zero-order valence-corrected chi connectivity index (χ0v) is 10.8. The van der Waals surface area contributed by atoms with E-state index in [1.54, 1.807) is 12.1 Å². The second kappa shape index (κ2) is 5.40. The number of carboxylic acid groups (broad SMARTS) is 1. The molecule has 0 bridgehead atoms. The summed E-state index contributed by atoms with van der Waals surface area (Å²) in [6.45, 7) is 2.90. The van der Waals surface area contributed by atoms with E-state index in [4.69, 9.17) is 9.84 Å². The summed E-state index contributed by atoms with van der Waals surface area (Å²) in [5, 5.41) is 11.7. The number of aromatic carboxylic acids is 1. The summed E-state index contributed by atoms with van der Waals surface area (Å²) < 4.78 is 5.33. The second-order valence-corrected chi connectivity index (χ2v) is 4.76. The molecule has 0 saturated heterocycles. The van der Waals surface area contributed by atoms with Gasteiger partial charge in [-0.05, 0) is 38.0 Å². The molecule has 0 aromatic heterocycles. The van der Waals surface area contributed by atoms with Gasteiger partial charge in [-0.25, -0.2) is 4.79 Å². The van der Waals surface area contributed by atoms with Crippen molar-refractivity contribution in [1.29, 1.82) is 0 Å². The molecule has 0 atom stereocenters. The fraction of sp³-hybridized carbons (Fsp3) is 0.429. The number of hydrogen-bond donors (Lipinski definition) is 2. The van der Waals surface area contributed by atoms with Crippen molar-refractivity contribution in [3.63, 3.8) is 0 Å². The van der Waals surface area contributed by atoms with Crippen LogP contribution in [0.25, 0.3) is 0 Å². The molecule has 0 aliphatic heterocycles. The van der Waals surface area contributed by atoms with E-state index in [1.165, 1.54) is 12.1 Å². The molecule has 19 heavy (non-hydrogen) atoms. The molecule has 0 unspecified atom stereocenters. The highest BCUT2D eigenvalue weighted by atomic mass is 16.5. The number of carbonyl (C=O) groups is 2. The molecule has 1 fully saturated rings. The Morgan fingerprint density at radius 2 is 2.16 bits per heavy atom. The van der Waals surface area contributed by atoms with Crippen LogP contribution in [0.2, 0.25) is 0 Å². The van der Waals surface area contributed by atoms with Crippen molar-refractivity contribution in [3.05, 3.63) is 29.8 Å². The molecule has 102 valence electrons. The first kappa shape index (κ1) is 13.5. The van der Waals surface area contributed by atoms with Gasteiger partial charge in [0.25, 0.3) is 0 Å². The summed E-state index contributed by atoms with van der Waals surface area (Å²) in [6.07, 6.45) is 1.63. The van der Waals surface area contributed by atoms with E-state index in [9.17, 15) is 9.59 Å². The van der Waals surface area contributed by atoms with Crippen LogP contribution in [0.15, 0.2) is 24.3 Å². The summed E-state index contributed by atoms with van der Waals surface area (Å²) in [6, 6.07) is 6.24. The van der Waals surface area contributed by atoms with Crippen LogP contribution in [0.5, 0.6) is 0 Å². The van der Waals surface area contributed by atoms with Crippen LogP contribution in [0, 0.1) is 5.41 Å². The normalized spacial score (nSPS) is 15.8. The summed E-state index contributed by atoms with van der Waals surface area (Å²) in [4.78, 5) is 23.0. The Kier molecular flexibility index (Phi) is 3.85. The fourth-order valence-electron chi connectivity index (χ4n) is 1.88. The van der Waals surface area contributed by atoms with Crippen molar-refractivity contribution in [1.82, 2.24) is 0 Å². The fourth-order valence-corrected chi connectivity index (χ4v) is 1.88. The largest absolute Gasteiger partial charge is 0.478 e. The minimum absolute atomic E-state index is 0.0940. The molecule has 5 heteroatoms. The number of amides is 1. The third kappa shape index (κ3) is 3.12. The first-order chi connectivity index (χ1) is 9.07. The van der Waals surface area contributed by atoms with Crippen LogP contribution in [-0.4, -0.2) is 30.2 Å². The molecule has 0 radical (unpaired) electrons. The number of rotatable bonds is 6. The number of benzene rings is 1. The smallest absolute Gasteiger partial charge is 0.335 e. The molecule has 1 amide bonds. The average Bonchev–Trinajstić information content (AvgIpc) is 3.18. The highest BCUT2D eigenvalue weighted by Crippen LogP contribution is 2.46. The van der Waals surface area contributed by atoms with Gasteiger partial charge < -0.3 is 15.2 Å². The van der Waals surface area contributed by atoms with Crippen molar-refractivity contribution < 1.29 is 19.4 Å². The van der Waals surface area contributed by atoms with E-state index in [-0.39, 0.29) is 11.5 Å². The van der Waals surface area contributed by atoms with Crippen LogP contribution in [0.1, 0.15) is 30.1 Å². The van der Waals surface area contributed by atoms with Gasteiger partial charge in [-0.3, -0.25) is 4.79 Å². The Bertz CT molecular complexity index is 494. The molecular formula is C14H17NO4. The highest BCUT2D eigenvalue weighted by Gasteiger charge is 2.50. The third-order valence-corrected chi connectivity index (χ3v) is 3.29. The van der Waals surface area contributed by atoms with Crippen molar-refractivity contribution in [2.45, 2.75) is 19.8 Å². The third-order valence-electron chi connectivity index (χ3n) is 3.29. The molecule has 2 rings (SSSR count). The van der Waals surface area contributed by atoms with Crippen LogP contribution in [0.4, 0.5) is 5.69 Å². The first-order valence-electron chi connectivity index (χ1n) is 6.30. The van der Waals surface area contributed by atoms with Crippen LogP contribution < -0.4 is 5.32 Å². The van der Waals surface area contributed by atoms with Crippen LogP contribution >= 0.6 is 0 Å². The van der Waals surface area contributed by atoms with Crippen molar-refractivity contribution in [2.24, 2.45) is 5.41 Å². The van der Waals surface area contributed by atoms with E-state index in [2.05, 4.69) is 5.32 Å². The number of carboxylic acids is 1. The Balaban J connectivity index is 2.03. The zero-order chi connectivity index (χ0) is 13.9. The minimum atomic E-state index is -1.01. The van der Waals surface area contributed by atoms with Gasteiger partial charge >= 0.3 is 5.97 Å². The maximum Gasteiger partial charge on any atom is 0.335 e. The van der Waals surface area contributed by atoms with Gasteiger partial charge in [-0.1, -0.05) is 6.07 Å². The van der Waals surface area contributed by atoms with Crippen LogP contribution in [0.3, 0.4) is 0 Å². The average molecular weight is 263 g/mol. The van der Waals surface area contributed by atoms with Gasteiger partial charge in [0, 0.05) is 12.3 Å². The minimum Gasteiger partial charge on any atom is -0.478 e. The Morgan fingerprint density at radius 1 is 1.42 bits per heavy atom. The highest BCUT2D eigenvalue weighted by molar-refractivity contribution is 5.98. The topological polar surface area (TPSA) is 75.6 Å². The monoisotopic (exact) mass is 263 g/mol. The molecule has 0 heterocycles. The standard InChI is InChI=1S/C14H17NO4/c1-2-19-9-14(6-7-14)13(18)15-11-5-3-4-10(8-11)12(16)17/h3-5,8H,2,6-7,9H2,1H3,(H,15,18)(H,16,17). The number of ether oxygens (including phenoxy) is 1. The van der Waals surface area contributed by atoms with E-state index in [0.717, 1.165) is 12.8 Å². The molecule has 1 aliphatic carbocycles. The molecule has 1 aromatic rings. The molecule has 5 nitrogen and oxygen atoms in total. The van der Waals surface area contributed by atoms with E-state index in [1.807, 2.05) is 6.92 Å². The van der Waals surface area contributed by atoms with Crippen molar-refractivity contribution >= 4 is 17.6 Å². The Labute approximate surface area is 111 Å². The number of hydrogen-bond acceptors (Lipinski definition) is 3. The lowest BCUT2D eigenvalue weighted by Gasteiger charge is -2.15. The molecule has 1 aliphatic rings. The van der Waals surface area contributed by atoms with Gasteiger partial charge in [0.2, 0.25) is 5.91 Å². The zero-order valence-electron chi connectivity index (χ0n) is 10.8. The maximum absolute atomic E-state index is 12.1. The molecule has 1 saturated carbocycles. The lowest BCUT2D eigenvalue weighted by atomic mass is 10.1. The summed E-state index contributed by atoms with van der Waals surface area (Å²) in [5.74, 6) is -1.10. The quantitative estimate of drug-likeness (QED) is 0.824. The number of carbonyl (C=O) groups excluding carboxylic acids is 1. The molecular weight excluding hydrogens is 246 g/mol.